The van der Waals surface area contributed by atoms with Crippen molar-refractivity contribution in [3.63, 3.8) is 0 Å². The lowest BCUT2D eigenvalue weighted by Crippen LogP contribution is -2.36. The molecule has 2 aromatic heterocycles. The minimum absolute atomic E-state index is 0.222. The SMILES string of the molecule is CCc1ccc(NCCc2csc(SC(C)(C)C(=O)OC(C)(C)C)n2)nc1. The van der Waals surface area contributed by atoms with Gasteiger partial charge in [0.05, 0.1) is 5.69 Å². The van der Waals surface area contributed by atoms with Crippen LogP contribution in [0.15, 0.2) is 28.0 Å². The van der Waals surface area contributed by atoms with Crippen molar-refractivity contribution < 1.29 is 9.53 Å². The number of ether oxygens (including phenoxy) is 1. The van der Waals surface area contributed by atoms with Crippen LogP contribution in [0, 0.1) is 0 Å². The van der Waals surface area contributed by atoms with Crippen LogP contribution in [0.4, 0.5) is 5.82 Å². The quantitative estimate of drug-likeness (QED) is 0.492. The van der Waals surface area contributed by atoms with Crippen molar-refractivity contribution in [1.82, 2.24) is 9.97 Å². The molecular weight excluding hydrogens is 378 g/mol. The number of thioether (sulfide) groups is 1. The number of esters is 1. The van der Waals surface area contributed by atoms with Crippen LogP contribution in [0.3, 0.4) is 0 Å². The first-order valence-electron chi connectivity index (χ1n) is 9.15. The first-order valence-corrected chi connectivity index (χ1v) is 10.8. The molecule has 0 radical (unpaired) electrons. The molecule has 0 bridgehead atoms. The molecule has 27 heavy (non-hydrogen) atoms. The van der Waals surface area contributed by atoms with Gasteiger partial charge in [-0.1, -0.05) is 24.8 Å². The van der Waals surface area contributed by atoms with Gasteiger partial charge in [0.25, 0.3) is 0 Å². The summed E-state index contributed by atoms with van der Waals surface area (Å²) in [5.74, 6) is 0.656. The molecule has 1 N–H and O–H groups in total. The number of anilines is 1. The van der Waals surface area contributed by atoms with Gasteiger partial charge in [-0.05, 0) is 52.7 Å². The van der Waals surface area contributed by atoms with E-state index in [0.29, 0.717) is 0 Å². The number of carbonyl (C=O) groups is 1. The van der Waals surface area contributed by atoms with E-state index < -0.39 is 10.3 Å². The van der Waals surface area contributed by atoms with E-state index in [1.165, 1.54) is 17.3 Å². The van der Waals surface area contributed by atoms with Crippen molar-refractivity contribution in [2.45, 2.75) is 69.1 Å². The smallest absolute Gasteiger partial charge is 0.322 e. The van der Waals surface area contributed by atoms with Crippen LogP contribution < -0.4 is 5.32 Å². The molecule has 0 saturated heterocycles. The van der Waals surface area contributed by atoms with Gasteiger partial charge in [-0.3, -0.25) is 4.79 Å². The van der Waals surface area contributed by atoms with E-state index in [2.05, 4.69) is 28.3 Å². The molecule has 7 heteroatoms. The number of hydrogen-bond donors (Lipinski definition) is 1. The molecular formula is C20H29N3O2S2. The second-order valence-corrected chi connectivity index (χ2v) is 10.5. The van der Waals surface area contributed by atoms with Gasteiger partial charge in [-0.2, -0.15) is 0 Å². The first-order chi connectivity index (χ1) is 12.6. The topological polar surface area (TPSA) is 64.1 Å². The Morgan fingerprint density at radius 1 is 1.26 bits per heavy atom. The van der Waals surface area contributed by atoms with Gasteiger partial charge in [0.15, 0.2) is 4.34 Å². The third kappa shape index (κ3) is 7.14. The molecule has 0 atom stereocenters. The molecule has 0 unspecified atom stereocenters. The zero-order valence-electron chi connectivity index (χ0n) is 17.0. The molecule has 0 fully saturated rings. The summed E-state index contributed by atoms with van der Waals surface area (Å²) in [4.78, 5) is 21.4. The molecule has 0 aliphatic carbocycles. The highest BCUT2D eigenvalue weighted by molar-refractivity contribution is 8.03. The molecule has 2 aromatic rings. The fourth-order valence-electron chi connectivity index (χ4n) is 2.17. The molecule has 0 aliphatic heterocycles. The van der Waals surface area contributed by atoms with Crippen molar-refractivity contribution in [3.05, 3.63) is 35.0 Å². The Morgan fingerprint density at radius 3 is 2.59 bits per heavy atom. The van der Waals surface area contributed by atoms with Crippen molar-refractivity contribution in [2.24, 2.45) is 0 Å². The number of hydrogen-bond acceptors (Lipinski definition) is 7. The summed E-state index contributed by atoms with van der Waals surface area (Å²) in [6.07, 6.45) is 3.70. The number of thiazole rings is 1. The lowest BCUT2D eigenvalue weighted by molar-refractivity contribution is -0.156. The highest BCUT2D eigenvalue weighted by Crippen LogP contribution is 2.36. The lowest BCUT2D eigenvalue weighted by Gasteiger charge is -2.27. The average Bonchev–Trinajstić information content (AvgIpc) is 3.00. The number of aryl methyl sites for hydroxylation is 1. The fourth-order valence-corrected chi connectivity index (χ4v) is 4.43. The molecule has 148 valence electrons. The van der Waals surface area contributed by atoms with Crippen molar-refractivity contribution in [2.75, 3.05) is 11.9 Å². The standard InChI is InChI=1S/C20H29N3O2S2/c1-7-14-8-9-16(22-12-14)21-11-10-15-13-26-18(23-15)27-20(5,6)17(24)25-19(2,3)4/h8-9,12-13H,7,10-11H2,1-6H3,(H,21,22). The molecule has 0 saturated carbocycles. The van der Waals surface area contributed by atoms with Crippen LogP contribution in [-0.2, 0) is 22.4 Å². The van der Waals surface area contributed by atoms with E-state index in [1.54, 1.807) is 11.3 Å². The maximum atomic E-state index is 12.4. The number of nitrogens with one attached hydrogen (secondary N) is 1. The number of pyridine rings is 1. The highest BCUT2D eigenvalue weighted by atomic mass is 32.2. The Bertz CT molecular complexity index is 749. The summed E-state index contributed by atoms with van der Waals surface area (Å²) in [6.45, 7) is 12.3. The fraction of sp³-hybridized carbons (Fsp3) is 0.550. The zero-order valence-corrected chi connectivity index (χ0v) is 18.6. The van der Waals surface area contributed by atoms with Gasteiger partial charge in [-0.15, -0.1) is 11.3 Å². The third-order valence-corrected chi connectivity index (χ3v) is 5.85. The lowest BCUT2D eigenvalue weighted by atomic mass is 10.1. The van der Waals surface area contributed by atoms with Crippen LogP contribution >= 0.6 is 23.1 Å². The van der Waals surface area contributed by atoms with E-state index in [9.17, 15) is 4.79 Å². The summed E-state index contributed by atoms with van der Waals surface area (Å²) in [5, 5.41) is 5.36. The third-order valence-electron chi connectivity index (χ3n) is 3.68. The molecule has 0 amide bonds. The van der Waals surface area contributed by atoms with Crippen LogP contribution in [0.2, 0.25) is 0 Å². The number of nitrogens with zero attached hydrogens (tertiary/aromatic N) is 2. The maximum absolute atomic E-state index is 12.4. The first kappa shape index (κ1) is 21.7. The van der Waals surface area contributed by atoms with E-state index in [1.807, 2.05) is 52.3 Å². The molecule has 2 heterocycles. The van der Waals surface area contributed by atoms with Gasteiger partial charge < -0.3 is 10.1 Å². The van der Waals surface area contributed by atoms with E-state index in [4.69, 9.17) is 4.74 Å². The Hall–Kier alpha value is -1.60. The van der Waals surface area contributed by atoms with Crippen molar-refractivity contribution >= 4 is 34.9 Å². The predicted molar refractivity (Wildman–Crippen MR) is 114 cm³/mol. The van der Waals surface area contributed by atoms with Gasteiger partial charge in [-0.25, -0.2) is 9.97 Å². The van der Waals surface area contributed by atoms with E-state index >= 15 is 0 Å². The van der Waals surface area contributed by atoms with E-state index in [-0.39, 0.29) is 5.97 Å². The molecule has 0 spiro atoms. The largest absolute Gasteiger partial charge is 0.459 e. The van der Waals surface area contributed by atoms with Gasteiger partial charge in [0.1, 0.15) is 16.2 Å². The van der Waals surface area contributed by atoms with Gasteiger partial charge in [0, 0.05) is 24.5 Å². The second kappa shape index (κ2) is 9.06. The van der Waals surface area contributed by atoms with Crippen LogP contribution in [-0.4, -0.2) is 32.8 Å². The summed E-state index contributed by atoms with van der Waals surface area (Å²) in [7, 11) is 0. The normalized spacial score (nSPS) is 12.1. The molecule has 2 rings (SSSR count). The molecule has 0 aromatic carbocycles. The van der Waals surface area contributed by atoms with E-state index in [0.717, 1.165) is 35.2 Å². The highest BCUT2D eigenvalue weighted by Gasteiger charge is 2.34. The Balaban J connectivity index is 1.85. The molecule has 0 aliphatic rings. The number of rotatable bonds is 8. The Morgan fingerprint density at radius 2 is 2.00 bits per heavy atom. The maximum Gasteiger partial charge on any atom is 0.322 e. The monoisotopic (exact) mass is 407 g/mol. The Labute approximate surface area is 170 Å². The Kier molecular flexibility index (Phi) is 7.28. The summed E-state index contributed by atoms with van der Waals surface area (Å²) in [5.41, 5.74) is 1.76. The summed E-state index contributed by atoms with van der Waals surface area (Å²) in [6, 6.07) is 4.09. The second-order valence-electron chi connectivity index (χ2n) is 7.80. The van der Waals surface area contributed by atoms with Crippen LogP contribution in [0.5, 0.6) is 0 Å². The predicted octanol–water partition coefficient (Wildman–Crippen LogP) is 4.97. The van der Waals surface area contributed by atoms with Gasteiger partial charge in [0.2, 0.25) is 0 Å². The minimum Gasteiger partial charge on any atom is -0.459 e. The van der Waals surface area contributed by atoms with Crippen molar-refractivity contribution in [3.8, 4) is 0 Å². The number of aromatic nitrogens is 2. The summed E-state index contributed by atoms with van der Waals surface area (Å²) >= 11 is 3.01. The number of carbonyl (C=O) groups excluding carboxylic acids is 1. The average molecular weight is 408 g/mol. The zero-order chi connectivity index (χ0) is 20.1. The summed E-state index contributed by atoms with van der Waals surface area (Å²) < 4.78 is 5.72. The van der Waals surface area contributed by atoms with Crippen molar-refractivity contribution in [1.29, 1.82) is 0 Å². The van der Waals surface area contributed by atoms with Gasteiger partial charge >= 0.3 is 5.97 Å². The van der Waals surface area contributed by atoms with Crippen LogP contribution in [0.25, 0.3) is 0 Å². The van der Waals surface area contributed by atoms with Crippen LogP contribution in [0.1, 0.15) is 52.8 Å². The minimum atomic E-state index is -0.675. The molecule has 5 nitrogen and oxygen atoms in total.